The maximum atomic E-state index is 15.7. The van der Waals surface area contributed by atoms with Gasteiger partial charge in [0.25, 0.3) is 0 Å². The lowest BCUT2D eigenvalue weighted by Gasteiger charge is -2.21. The molecule has 11 rings (SSSR count). The standard InChI is InChI=1S/C55H31F3N6/c56-55(57,58)46-23-22-39(63-49-17-9-7-15-40(49)43-27-34(32-59)19-24-51(43)63)30-42(46)45-29-38(48-31-47(36-11-3-1-4-12-36)61-54(62-48)37-13-5-2-6-14-37)21-26-53(45)64-50-18-10-8-16-41(50)44-28-35(33-60)20-25-52(44)64/h1-31H. The second kappa shape index (κ2) is 15.0. The van der Waals surface area contributed by atoms with Gasteiger partial charge in [-0.1, -0.05) is 103 Å². The number of aromatic nitrogens is 4. The minimum Gasteiger partial charge on any atom is -0.309 e. The molecule has 0 saturated carbocycles. The van der Waals surface area contributed by atoms with E-state index in [1.165, 1.54) is 6.07 Å². The van der Waals surface area contributed by atoms with Crippen LogP contribution < -0.4 is 0 Å². The monoisotopic (exact) mass is 832 g/mol. The highest BCUT2D eigenvalue weighted by atomic mass is 19.4. The van der Waals surface area contributed by atoms with Crippen LogP contribution in [0, 0.1) is 22.7 Å². The molecule has 0 saturated heterocycles. The molecule has 0 aliphatic rings. The molecule has 0 bridgehead atoms. The van der Waals surface area contributed by atoms with Crippen molar-refractivity contribution in [1.82, 2.24) is 19.1 Å². The lowest BCUT2D eigenvalue weighted by Crippen LogP contribution is -2.10. The van der Waals surface area contributed by atoms with Crippen molar-refractivity contribution >= 4 is 43.6 Å². The fourth-order valence-electron chi connectivity index (χ4n) is 8.94. The summed E-state index contributed by atoms with van der Waals surface area (Å²) in [5.41, 5.74) is 7.88. The van der Waals surface area contributed by atoms with Crippen molar-refractivity contribution in [2.75, 3.05) is 0 Å². The fourth-order valence-corrected chi connectivity index (χ4v) is 8.94. The van der Waals surface area contributed by atoms with E-state index in [0.29, 0.717) is 50.8 Å². The summed E-state index contributed by atoms with van der Waals surface area (Å²) in [6.45, 7) is 0. The number of hydrogen-bond acceptors (Lipinski definition) is 4. The molecule has 64 heavy (non-hydrogen) atoms. The average Bonchev–Trinajstić information content (AvgIpc) is 3.85. The maximum absolute atomic E-state index is 15.7. The molecule has 302 valence electrons. The molecule has 0 unspecified atom stereocenters. The zero-order valence-electron chi connectivity index (χ0n) is 33.7. The Bertz CT molecular complexity index is 3680. The lowest BCUT2D eigenvalue weighted by atomic mass is 9.93. The molecule has 0 spiro atoms. The molecule has 0 aliphatic heterocycles. The maximum Gasteiger partial charge on any atom is 0.417 e. The molecule has 8 aromatic carbocycles. The number of benzene rings is 8. The number of halogens is 3. The molecule has 0 aliphatic carbocycles. The van der Waals surface area contributed by atoms with Crippen molar-refractivity contribution in [2.24, 2.45) is 0 Å². The zero-order valence-corrected chi connectivity index (χ0v) is 33.7. The van der Waals surface area contributed by atoms with Crippen LogP contribution in [0.3, 0.4) is 0 Å². The molecule has 9 heteroatoms. The van der Waals surface area contributed by atoms with Gasteiger partial charge in [-0.2, -0.15) is 23.7 Å². The van der Waals surface area contributed by atoms with Gasteiger partial charge in [-0.15, -0.1) is 0 Å². The largest absolute Gasteiger partial charge is 0.417 e. The van der Waals surface area contributed by atoms with Crippen LogP contribution >= 0.6 is 0 Å². The van der Waals surface area contributed by atoms with Gasteiger partial charge in [0.2, 0.25) is 0 Å². The number of alkyl halides is 3. The van der Waals surface area contributed by atoms with Crippen molar-refractivity contribution in [3.8, 4) is 68.5 Å². The second-order valence-electron chi connectivity index (χ2n) is 15.5. The quantitative estimate of drug-likeness (QED) is 0.167. The summed E-state index contributed by atoms with van der Waals surface area (Å²) in [4.78, 5) is 10.0. The van der Waals surface area contributed by atoms with E-state index in [1.54, 1.807) is 24.3 Å². The van der Waals surface area contributed by atoms with Crippen molar-refractivity contribution in [1.29, 1.82) is 10.5 Å². The molecule has 3 heterocycles. The smallest absolute Gasteiger partial charge is 0.309 e. The molecule has 0 amide bonds. The summed E-state index contributed by atoms with van der Waals surface area (Å²) in [7, 11) is 0. The first-order valence-electron chi connectivity index (χ1n) is 20.5. The Hall–Kier alpha value is -8.79. The molecule has 3 aromatic heterocycles. The predicted octanol–water partition coefficient (Wildman–Crippen LogP) is 14.1. The van der Waals surface area contributed by atoms with Gasteiger partial charge in [0, 0.05) is 49.5 Å². The summed E-state index contributed by atoms with van der Waals surface area (Å²) in [6, 6.07) is 61.7. The third kappa shape index (κ3) is 6.34. The van der Waals surface area contributed by atoms with E-state index in [-0.39, 0.29) is 5.56 Å². The Balaban J connectivity index is 1.24. The van der Waals surface area contributed by atoms with E-state index in [9.17, 15) is 10.5 Å². The SMILES string of the molecule is N#Cc1ccc2c(c1)c1ccccc1n2-c1ccc(C(F)(F)F)c(-c2cc(-c3cc(-c4ccccc4)nc(-c4ccccc4)n3)ccc2-n2c3ccccc3c3cc(C#N)ccc32)c1. The summed E-state index contributed by atoms with van der Waals surface area (Å²) < 4.78 is 50.9. The van der Waals surface area contributed by atoms with Crippen molar-refractivity contribution < 1.29 is 13.2 Å². The fraction of sp³-hybridized carbons (Fsp3) is 0.0182. The number of fused-ring (bicyclic) bond motifs is 6. The molecular weight excluding hydrogens is 802 g/mol. The van der Waals surface area contributed by atoms with E-state index >= 15 is 13.2 Å². The van der Waals surface area contributed by atoms with Gasteiger partial charge in [-0.3, -0.25) is 0 Å². The first-order valence-corrected chi connectivity index (χ1v) is 20.5. The van der Waals surface area contributed by atoms with Crippen LogP contribution in [0.2, 0.25) is 0 Å². The molecule has 6 nitrogen and oxygen atoms in total. The van der Waals surface area contributed by atoms with Crippen LogP contribution in [0.5, 0.6) is 0 Å². The van der Waals surface area contributed by atoms with Crippen LogP contribution in [-0.4, -0.2) is 19.1 Å². The van der Waals surface area contributed by atoms with Gasteiger partial charge >= 0.3 is 6.18 Å². The minimum atomic E-state index is -4.75. The van der Waals surface area contributed by atoms with E-state index in [2.05, 4.69) is 12.1 Å². The summed E-state index contributed by atoms with van der Waals surface area (Å²) in [5.74, 6) is 0.474. The molecule has 11 aromatic rings. The summed E-state index contributed by atoms with van der Waals surface area (Å²) >= 11 is 0. The number of nitriles is 2. The van der Waals surface area contributed by atoms with Crippen molar-refractivity contribution in [3.05, 3.63) is 205 Å². The van der Waals surface area contributed by atoms with Gasteiger partial charge in [0.1, 0.15) is 0 Å². The van der Waals surface area contributed by atoms with E-state index in [0.717, 1.165) is 60.8 Å². The molecule has 0 N–H and O–H groups in total. The Morgan fingerprint density at radius 2 is 0.953 bits per heavy atom. The van der Waals surface area contributed by atoms with Gasteiger partial charge in [0.05, 0.1) is 68.0 Å². The average molecular weight is 833 g/mol. The summed E-state index contributed by atoms with van der Waals surface area (Å²) in [6.07, 6.45) is -4.75. The van der Waals surface area contributed by atoms with Crippen molar-refractivity contribution in [3.63, 3.8) is 0 Å². The molecule has 0 atom stereocenters. The lowest BCUT2D eigenvalue weighted by molar-refractivity contribution is -0.137. The highest BCUT2D eigenvalue weighted by Gasteiger charge is 2.35. The van der Waals surface area contributed by atoms with Crippen LogP contribution in [0.25, 0.3) is 100 Å². The van der Waals surface area contributed by atoms with E-state index in [1.807, 2.05) is 161 Å². The number of nitrogens with zero attached hydrogens (tertiary/aromatic N) is 6. The number of hydrogen-bond donors (Lipinski definition) is 0. The Labute approximate surface area is 364 Å². The third-order valence-corrected chi connectivity index (χ3v) is 11.8. The molecule has 0 radical (unpaired) electrons. The summed E-state index contributed by atoms with van der Waals surface area (Å²) in [5, 5.41) is 23.0. The minimum absolute atomic E-state index is 0.0402. The first kappa shape index (κ1) is 38.2. The van der Waals surface area contributed by atoms with Crippen LogP contribution in [-0.2, 0) is 6.18 Å². The predicted molar refractivity (Wildman–Crippen MR) is 247 cm³/mol. The zero-order chi connectivity index (χ0) is 43.5. The Morgan fingerprint density at radius 1 is 0.422 bits per heavy atom. The Morgan fingerprint density at radius 3 is 1.56 bits per heavy atom. The number of para-hydroxylation sites is 2. The third-order valence-electron chi connectivity index (χ3n) is 11.8. The van der Waals surface area contributed by atoms with Gasteiger partial charge in [-0.25, -0.2) is 9.97 Å². The van der Waals surface area contributed by atoms with Crippen molar-refractivity contribution in [2.45, 2.75) is 6.18 Å². The van der Waals surface area contributed by atoms with Gasteiger partial charge in [0.15, 0.2) is 5.82 Å². The van der Waals surface area contributed by atoms with Crippen LogP contribution in [0.15, 0.2) is 188 Å². The van der Waals surface area contributed by atoms with Gasteiger partial charge in [-0.05, 0) is 90.5 Å². The molecular formula is C55H31F3N6. The highest BCUT2D eigenvalue weighted by molar-refractivity contribution is 6.11. The Kier molecular flexibility index (Phi) is 8.93. The highest BCUT2D eigenvalue weighted by Crippen LogP contribution is 2.45. The topological polar surface area (TPSA) is 83.2 Å². The normalized spacial score (nSPS) is 11.6. The van der Waals surface area contributed by atoms with Crippen LogP contribution in [0.1, 0.15) is 16.7 Å². The van der Waals surface area contributed by atoms with Gasteiger partial charge < -0.3 is 9.13 Å². The van der Waals surface area contributed by atoms with E-state index in [4.69, 9.17) is 9.97 Å². The number of rotatable bonds is 6. The first-order chi connectivity index (χ1) is 31.3. The van der Waals surface area contributed by atoms with E-state index < -0.39 is 11.7 Å². The molecule has 0 fully saturated rings. The second-order valence-corrected chi connectivity index (χ2v) is 15.5. The van der Waals surface area contributed by atoms with Crippen LogP contribution in [0.4, 0.5) is 13.2 Å².